The first-order chi connectivity index (χ1) is 10.6. The van der Waals surface area contributed by atoms with E-state index >= 15 is 0 Å². The molecule has 0 spiro atoms. The fourth-order valence-electron chi connectivity index (χ4n) is 3.08. The Morgan fingerprint density at radius 2 is 1.82 bits per heavy atom. The number of morpholine rings is 1. The SMILES string of the molecule is CCC(O)(CC)CN(C)Cc1ccccc1N1CCOCC1. The van der Waals surface area contributed by atoms with Gasteiger partial charge in [0.2, 0.25) is 0 Å². The van der Waals surface area contributed by atoms with E-state index in [1.54, 1.807) is 0 Å². The molecule has 0 aromatic heterocycles. The largest absolute Gasteiger partial charge is 0.389 e. The predicted molar refractivity (Wildman–Crippen MR) is 91.3 cm³/mol. The first-order valence-electron chi connectivity index (χ1n) is 8.39. The molecular weight excluding hydrogens is 276 g/mol. The molecule has 4 nitrogen and oxygen atoms in total. The van der Waals surface area contributed by atoms with Gasteiger partial charge in [0.05, 0.1) is 18.8 Å². The van der Waals surface area contributed by atoms with Crippen molar-refractivity contribution in [3.63, 3.8) is 0 Å². The average Bonchev–Trinajstić information content (AvgIpc) is 2.56. The van der Waals surface area contributed by atoms with Gasteiger partial charge < -0.3 is 14.7 Å². The van der Waals surface area contributed by atoms with Crippen molar-refractivity contribution in [2.24, 2.45) is 0 Å². The molecule has 0 unspecified atom stereocenters. The third kappa shape index (κ3) is 4.45. The van der Waals surface area contributed by atoms with Gasteiger partial charge in [0, 0.05) is 31.9 Å². The summed E-state index contributed by atoms with van der Waals surface area (Å²) in [5, 5.41) is 10.5. The van der Waals surface area contributed by atoms with Gasteiger partial charge in [-0.2, -0.15) is 0 Å². The molecule has 0 atom stereocenters. The minimum Gasteiger partial charge on any atom is -0.389 e. The molecule has 1 aliphatic heterocycles. The zero-order valence-electron chi connectivity index (χ0n) is 14.2. The van der Waals surface area contributed by atoms with Crippen molar-refractivity contribution >= 4 is 5.69 Å². The fraction of sp³-hybridized carbons (Fsp3) is 0.667. The van der Waals surface area contributed by atoms with E-state index in [4.69, 9.17) is 4.74 Å². The summed E-state index contributed by atoms with van der Waals surface area (Å²) in [5.41, 5.74) is 2.04. The molecule has 1 N–H and O–H groups in total. The molecular formula is C18H30N2O2. The lowest BCUT2D eigenvalue weighted by molar-refractivity contribution is 0.00132. The van der Waals surface area contributed by atoms with Gasteiger partial charge in [0.15, 0.2) is 0 Å². The zero-order chi connectivity index (χ0) is 16.0. The molecule has 1 heterocycles. The summed E-state index contributed by atoms with van der Waals surface area (Å²) >= 11 is 0. The van der Waals surface area contributed by atoms with Crippen LogP contribution in [0.25, 0.3) is 0 Å². The molecule has 0 bridgehead atoms. The molecule has 1 aliphatic rings. The highest BCUT2D eigenvalue weighted by atomic mass is 16.5. The Balaban J connectivity index is 2.05. The van der Waals surface area contributed by atoms with Gasteiger partial charge in [-0.1, -0.05) is 32.0 Å². The van der Waals surface area contributed by atoms with Crippen LogP contribution < -0.4 is 4.90 Å². The first kappa shape index (κ1) is 17.3. The average molecular weight is 306 g/mol. The number of hydrogen-bond donors (Lipinski definition) is 1. The highest BCUT2D eigenvalue weighted by Crippen LogP contribution is 2.24. The number of hydrogen-bond acceptors (Lipinski definition) is 4. The molecule has 0 amide bonds. The molecule has 0 saturated carbocycles. The number of benzene rings is 1. The summed E-state index contributed by atoms with van der Waals surface area (Å²) in [6.45, 7) is 9.18. The minimum atomic E-state index is -0.581. The predicted octanol–water partition coefficient (Wildman–Crippen LogP) is 2.51. The Bertz CT molecular complexity index is 454. The van der Waals surface area contributed by atoms with Crippen molar-refractivity contribution in [1.29, 1.82) is 0 Å². The van der Waals surface area contributed by atoms with Gasteiger partial charge in [-0.05, 0) is 31.5 Å². The van der Waals surface area contributed by atoms with Crippen LogP contribution in [0.15, 0.2) is 24.3 Å². The molecule has 1 fully saturated rings. The zero-order valence-corrected chi connectivity index (χ0v) is 14.2. The van der Waals surface area contributed by atoms with Gasteiger partial charge in [0.25, 0.3) is 0 Å². The monoisotopic (exact) mass is 306 g/mol. The molecule has 22 heavy (non-hydrogen) atoms. The van der Waals surface area contributed by atoms with Crippen LogP contribution in [0.5, 0.6) is 0 Å². The number of likely N-dealkylation sites (N-methyl/N-ethyl adjacent to an activating group) is 1. The number of rotatable bonds is 7. The van der Waals surface area contributed by atoms with Crippen LogP contribution in [-0.4, -0.2) is 55.5 Å². The van der Waals surface area contributed by atoms with E-state index in [1.807, 2.05) is 0 Å². The highest BCUT2D eigenvalue weighted by Gasteiger charge is 2.24. The maximum absolute atomic E-state index is 10.5. The molecule has 1 aromatic rings. The maximum Gasteiger partial charge on any atom is 0.0768 e. The molecule has 0 aliphatic carbocycles. The highest BCUT2D eigenvalue weighted by molar-refractivity contribution is 5.53. The lowest BCUT2D eigenvalue weighted by Gasteiger charge is -2.33. The molecule has 0 radical (unpaired) electrons. The van der Waals surface area contributed by atoms with E-state index in [2.05, 4.69) is 55.0 Å². The van der Waals surface area contributed by atoms with Gasteiger partial charge in [-0.3, -0.25) is 4.90 Å². The summed E-state index contributed by atoms with van der Waals surface area (Å²) in [4.78, 5) is 4.63. The number of aliphatic hydroxyl groups is 1. The topological polar surface area (TPSA) is 35.9 Å². The summed E-state index contributed by atoms with van der Waals surface area (Å²) in [6.07, 6.45) is 1.58. The molecule has 2 rings (SSSR count). The summed E-state index contributed by atoms with van der Waals surface area (Å²) in [5.74, 6) is 0. The molecule has 1 saturated heterocycles. The van der Waals surface area contributed by atoms with Gasteiger partial charge in [0.1, 0.15) is 0 Å². The smallest absolute Gasteiger partial charge is 0.0768 e. The van der Waals surface area contributed by atoms with Crippen molar-refractivity contribution in [1.82, 2.24) is 4.90 Å². The number of nitrogens with zero attached hydrogens (tertiary/aromatic N) is 2. The minimum absolute atomic E-state index is 0.581. The van der Waals surface area contributed by atoms with E-state index < -0.39 is 5.60 Å². The first-order valence-corrected chi connectivity index (χ1v) is 8.39. The second-order valence-corrected chi connectivity index (χ2v) is 6.33. The van der Waals surface area contributed by atoms with Crippen LogP contribution in [0.4, 0.5) is 5.69 Å². The number of para-hydroxylation sites is 1. The fourth-order valence-corrected chi connectivity index (χ4v) is 3.08. The van der Waals surface area contributed by atoms with E-state index in [-0.39, 0.29) is 0 Å². The van der Waals surface area contributed by atoms with E-state index in [9.17, 15) is 5.11 Å². The third-order valence-electron chi connectivity index (χ3n) is 4.66. The van der Waals surface area contributed by atoms with Gasteiger partial charge in [-0.15, -0.1) is 0 Å². The second-order valence-electron chi connectivity index (χ2n) is 6.33. The van der Waals surface area contributed by atoms with Crippen molar-refractivity contribution in [3.05, 3.63) is 29.8 Å². The quantitative estimate of drug-likeness (QED) is 0.840. The van der Waals surface area contributed by atoms with Crippen LogP contribution in [-0.2, 0) is 11.3 Å². The van der Waals surface area contributed by atoms with Crippen molar-refractivity contribution < 1.29 is 9.84 Å². The van der Waals surface area contributed by atoms with E-state index in [0.29, 0.717) is 6.54 Å². The Hall–Kier alpha value is -1.10. The number of ether oxygens (including phenoxy) is 1. The van der Waals surface area contributed by atoms with E-state index in [0.717, 1.165) is 45.7 Å². The van der Waals surface area contributed by atoms with Crippen molar-refractivity contribution in [2.45, 2.75) is 38.8 Å². The van der Waals surface area contributed by atoms with Crippen LogP contribution in [0.3, 0.4) is 0 Å². The lowest BCUT2D eigenvalue weighted by Crippen LogP contribution is -2.41. The maximum atomic E-state index is 10.5. The van der Waals surface area contributed by atoms with Gasteiger partial charge in [-0.25, -0.2) is 0 Å². The molecule has 124 valence electrons. The van der Waals surface area contributed by atoms with Crippen LogP contribution in [0.1, 0.15) is 32.3 Å². The number of anilines is 1. The van der Waals surface area contributed by atoms with Crippen LogP contribution >= 0.6 is 0 Å². The normalized spacial score (nSPS) is 16.3. The third-order valence-corrected chi connectivity index (χ3v) is 4.66. The standard InChI is InChI=1S/C18H30N2O2/c1-4-18(21,5-2)15-19(3)14-16-8-6-7-9-17(16)20-10-12-22-13-11-20/h6-9,21H,4-5,10-15H2,1-3H3. The van der Waals surface area contributed by atoms with Crippen molar-refractivity contribution in [2.75, 3.05) is 44.8 Å². The van der Waals surface area contributed by atoms with Gasteiger partial charge >= 0.3 is 0 Å². The Morgan fingerprint density at radius 3 is 2.45 bits per heavy atom. The summed E-state index contributed by atoms with van der Waals surface area (Å²) in [7, 11) is 2.09. The molecule has 1 aromatic carbocycles. The lowest BCUT2D eigenvalue weighted by atomic mass is 9.96. The van der Waals surface area contributed by atoms with Crippen molar-refractivity contribution in [3.8, 4) is 0 Å². The van der Waals surface area contributed by atoms with Crippen LogP contribution in [0.2, 0.25) is 0 Å². The van der Waals surface area contributed by atoms with E-state index in [1.165, 1.54) is 11.3 Å². The Kier molecular flexibility index (Phi) is 6.24. The molecule has 4 heteroatoms. The van der Waals surface area contributed by atoms with Crippen LogP contribution in [0, 0.1) is 0 Å². The Labute approximate surface area is 134 Å². The second kappa shape index (κ2) is 7.95. The Morgan fingerprint density at radius 1 is 1.18 bits per heavy atom. The summed E-state index contributed by atoms with van der Waals surface area (Å²) < 4.78 is 5.45. The summed E-state index contributed by atoms with van der Waals surface area (Å²) in [6, 6.07) is 8.58.